The number of amides is 1. The van der Waals surface area contributed by atoms with E-state index in [2.05, 4.69) is 29.6 Å². The number of carbonyl (C=O) groups is 1. The lowest BCUT2D eigenvalue weighted by Crippen LogP contribution is -2.40. The molecule has 3 rings (SSSR count). The zero-order valence-corrected chi connectivity index (χ0v) is 14.2. The Hall–Kier alpha value is -2.13. The minimum Gasteiger partial charge on any atom is -0.333 e. The molecule has 0 heterocycles. The van der Waals surface area contributed by atoms with Crippen LogP contribution in [0.15, 0.2) is 60.7 Å². The first-order valence-corrected chi connectivity index (χ1v) is 8.90. The molecule has 126 valence electrons. The molecular weight excluding hydrogens is 296 g/mol. The third kappa shape index (κ3) is 4.93. The van der Waals surface area contributed by atoms with E-state index in [0.29, 0.717) is 25.7 Å². The van der Waals surface area contributed by atoms with Gasteiger partial charge in [0.25, 0.3) is 0 Å². The first-order chi connectivity index (χ1) is 11.8. The van der Waals surface area contributed by atoms with Crippen LogP contribution in [0.1, 0.15) is 36.8 Å². The van der Waals surface area contributed by atoms with Gasteiger partial charge >= 0.3 is 0 Å². The Morgan fingerprint density at radius 3 is 1.88 bits per heavy atom. The number of carbonyl (C=O) groups excluding carboxylic acids is 1. The highest BCUT2D eigenvalue weighted by Crippen LogP contribution is 2.17. The summed E-state index contributed by atoms with van der Waals surface area (Å²) < 4.78 is 0. The van der Waals surface area contributed by atoms with Crippen LogP contribution in [0.25, 0.3) is 0 Å². The van der Waals surface area contributed by atoms with Crippen molar-refractivity contribution in [3.63, 3.8) is 0 Å². The molecule has 0 atom stereocenters. The summed E-state index contributed by atoms with van der Waals surface area (Å²) in [6.45, 7) is 1.74. The predicted octanol–water partition coefficient (Wildman–Crippen LogP) is 3.75. The van der Waals surface area contributed by atoms with Crippen LogP contribution in [0.2, 0.25) is 0 Å². The Labute approximate surface area is 144 Å². The molecule has 0 aromatic heterocycles. The van der Waals surface area contributed by atoms with Crippen molar-refractivity contribution >= 4 is 5.91 Å². The van der Waals surface area contributed by atoms with Gasteiger partial charge in [-0.05, 0) is 24.0 Å². The molecule has 2 aromatic carbocycles. The third-order valence-corrected chi connectivity index (χ3v) is 4.68. The summed E-state index contributed by atoms with van der Waals surface area (Å²) in [7, 11) is 0. The fraction of sp³-hybridized carbons (Fsp3) is 0.381. The minimum atomic E-state index is 0.176. The summed E-state index contributed by atoms with van der Waals surface area (Å²) >= 11 is 0. The summed E-state index contributed by atoms with van der Waals surface area (Å²) in [5.74, 6) is 0.176. The van der Waals surface area contributed by atoms with Gasteiger partial charge in [-0.1, -0.05) is 73.5 Å². The highest BCUT2D eigenvalue weighted by Gasteiger charge is 2.19. The molecule has 0 bridgehead atoms. The van der Waals surface area contributed by atoms with Gasteiger partial charge in [-0.15, -0.1) is 0 Å². The molecule has 3 nitrogen and oxygen atoms in total. The van der Waals surface area contributed by atoms with Crippen LogP contribution in [-0.2, 0) is 17.9 Å². The molecular formula is C21H26N2O. The number of nitrogens with one attached hydrogen (secondary N) is 1. The van der Waals surface area contributed by atoms with Gasteiger partial charge in [-0.2, -0.15) is 0 Å². The van der Waals surface area contributed by atoms with Gasteiger partial charge < -0.3 is 10.2 Å². The fourth-order valence-electron chi connectivity index (χ4n) is 3.31. The van der Waals surface area contributed by atoms with Gasteiger partial charge in [0.1, 0.15) is 0 Å². The standard InChI is InChI=1S/C21H26N2O/c24-21(15-22-20-13-7-8-14-20)23(16-18-9-3-1-4-10-18)17-19-11-5-2-6-12-19/h1-6,9-12,20,22H,7-8,13-17H2. The van der Waals surface area contributed by atoms with Crippen molar-refractivity contribution in [1.29, 1.82) is 0 Å². The van der Waals surface area contributed by atoms with E-state index in [-0.39, 0.29) is 5.91 Å². The van der Waals surface area contributed by atoms with Gasteiger partial charge in [-0.3, -0.25) is 4.79 Å². The highest BCUT2D eigenvalue weighted by molar-refractivity contribution is 5.78. The van der Waals surface area contributed by atoms with Crippen LogP contribution in [0.3, 0.4) is 0 Å². The molecule has 1 N–H and O–H groups in total. The summed E-state index contributed by atoms with van der Waals surface area (Å²) in [6, 6.07) is 21.0. The first kappa shape index (κ1) is 16.7. The molecule has 1 amide bonds. The second-order valence-corrected chi connectivity index (χ2v) is 6.58. The largest absolute Gasteiger partial charge is 0.333 e. The lowest BCUT2D eigenvalue weighted by atomic mass is 10.1. The van der Waals surface area contributed by atoms with Gasteiger partial charge in [-0.25, -0.2) is 0 Å². The van der Waals surface area contributed by atoms with Crippen LogP contribution in [0.4, 0.5) is 0 Å². The van der Waals surface area contributed by atoms with Gasteiger partial charge in [0.05, 0.1) is 6.54 Å². The van der Waals surface area contributed by atoms with Crippen molar-refractivity contribution in [1.82, 2.24) is 10.2 Å². The van der Waals surface area contributed by atoms with Gasteiger partial charge in [0, 0.05) is 19.1 Å². The molecule has 0 spiro atoms. The Morgan fingerprint density at radius 2 is 1.38 bits per heavy atom. The summed E-state index contributed by atoms with van der Waals surface area (Å²) in [4.78, 5) is 14.7. The Bertz CT molecular complexity index is 579. The van der Waals surface area contributed by atoms with Crippen LogP contribution >= 0.6 is 0 Å². The monoisotopic (exact) mass is 322 g/mol. The van der Waals surface area contributed by atoms with E-state index in [0.717, 1.165) is 0 Å². The molecule has 0 aliphatic heterocycles. The Kier molecular flexibility index (Phi) is 6.02. The van der Waals surface area contributed by atoms with E-state index in [1.165, 1.54) is 36.8 Å². The predicted molar refractivity (Wildman–Crippen MR) is 97.4 cm³/mol. The lowest BCUT2D eigenvalue weighted by molar-refractivity contribution is -0.131. The topological polar surface area (TPSA) is 32.3 Å². The molecule has 3 heteroatoms. The van der Waals surface area contributed by atoms with Crippen molar-refractivity contribution in [2.24, 2.45) is 0 Å². The van der Waals surface area contributed by atoms with E-state index in [1.54, 1.807) is 0 Å². The van der Waals surface area contributed by atoms with Crippen LogP contribution < -0.4 is 5.32 Å². The highest BCUT2D eigenvalue weighted by atomic mass is 16.2. The average molecular weight is 322 g/mol. The van der Waals surface area contributed by atoms with Gasteiger partial charge in [0.2, 0.25) is 5.91 Å². The molecule has 24 heavy (non-hydrogen) atoms. The normalized spacial score (nSPS) is 14.7. The van der Waals surface area contributed by atoms with Crippen molar-refractivity contribution in [2.75, 3.05) is 6.54 Å². The molecule has 1 aliphatic rings. The zero-order chi connectivity index (χ0) is 16.6. The lowest BCUT2D eigenvalue weighted by Gasteiger charge is -2.24. The maximum absolute atomic E-state index is 12.8. The van der Waals surface area contributed by atoms with E-state index >= 15 is 0 Å². The number of benzene rings is 2. The smallest absolute Gasteiger partial charge is 0.237 e. The molecule has 0 unspecified atom stereocenters. The van der Waals surface area contributed by atoms with E-state index in [4.69, 9.17) is 0 Å². The molecule has 0 saturated heterocycles. The SMILES string of the molecule is O=C(CNC1CCCC1)N(Cc1ccccc1)Cc1ccccc1. The maximum atomic E-state index is 12.8. The van der Waals surface area contributed by atoms with Crippen molar-refractivity contribution in [3.05, 3.63) is 71.8 Å². The minimum absolute atomic E-state index is 0.176. The number of rotatable bonds is 7. The summed E-state index contributed by atoms with van der Waals surface area (Å²) in [5.41, 5.74) is 2.34. The van der Waals surface area contributed by atoms with E-state index in [9.17, 15) is 4.79 Å². The fourth-order valence-corrected chi connectivity index (χ4v) is 3.31. The quantitative estimate of drug-likeness (QED) is 0.842. The molecule has 1 aliphatic carbocycles. The van der Waals surface area contributed by atoms with E-state index in [1.807, 2.05) is 41.3 Å². The summed E-state index contributed by atoms with van der Waals surface area (Å²) in [6.07, 6.45) is 4.96. The molecule has 1 fully saturated rings. The van der Waals surface area contributed by atoms with E-state index < -0.39 is 0 Å². The second kappa shape index (κ2) is 8.65. The third-order valence-electron chi connectivity index (χ3n) is 4.68. The number of hydrogen-bond donors (Lipinski definition) is 1. The average Bonchev–Trinajstić information content (AvgIpc) is 3.14. The maximum Gasteiger partial charge on any atom is 0.237 e. The van der Waals surface area contributed by atoms with Crippen LogP contribution in [0, 0.1) is 0 Å². The van der Waals surface area contributed by atoms with Crippen molar-refractivity contribution in [2.45, 2.75) is 44.8 Å². The number of nitrogens with zero attached hydrogens (tertiary/aromatic N) is 1. The van der Waals surface area contributed by atoms with Crippen LogP contribution in [0.5, 0.6) is 0 Å². The molecule has 2 aromatic rings. The van der Waals surface area contributed by atoms with Gasteiger partial charge in [0.15, 0.2) is 0 Å². The molecule has 1 saturated carbocycles. The Balaban J connectivity index is 1.64. The second-order valence-electron chi connectivity index (χ2n) is 6.58. The van der Waals surface area contributed by atoms with Crippen LogP contribution in [-0.4, -0.2) is 23.4 Å². The Morgan fingerprint density at radius 1 is 0.875 bits per heavy atom. The summed E-state index contributed by atoms with van der Waals surface area (Å²) in [5, 5.41) is 3.44. The van der Waals surface area contributed by atoms with Crippen molar-refractivity contribution < 1.29 is 4.79 Å². The molecule has 0 radical (unpaired) electrons. The first-order valence-electron chi connectivity index (χ1n) is 8.90. The number of hydrogen-bond acceptors (Lipinski definition) is 2. The van der Waals surface area contributed by atoms with Crippen molar-refractivity contribution in [3.8, 4) is 0 Å². The zero-order valence-electron chi connectivity index (χ0n) is 14.2.